The molecule has 1 aliphatic heterocycles. The molecule has 3 aromatic rings. The molecule has 1 saturated carbocycles. The molecule has 34 heavy (non-hydrogen) atoms. The van der Waals surface area contributed by atoms with Gasteiger partial charge in [-0.2, -0.15) is 4.37 Å². The zero-order valence-electron chi connectivity index (χ0n) is 18.8. The maximum absolute atomic E-state index is 12.7. The highest BCUT2D eigenvalue weighted by atomic mass is 32.2. The first-order chi connectivity index (χ1) is 16.6. The van der Waals surface area contributed by atoms with Crippen LogP contribution in [0.3, 0.4) is 0 Å². The number of amides is 1. The van der Waals surface area contributed by atoms with Gasteiger partial charge in [-0.3, -0.25) is 9.59 Å². The van der Waals surface area contributed by atoms with Gasteiger partial charge < -0.3 is 19.3 Å². The second-order valence-electron chi connectivity index (χ2n) is 8.49. The van der Waals surface area contributed by atoms with Crippen molar-refractivity contribution in [1.82, 2.24) is 14.3 Å². The lowest BCUT2D eigenvalue weighted by molar-refractivity contribution is -0.133. The Morgan fingerprint density at radius 3 is 3.00 bits per heavy atom. The minimum atomic E-state index is 0.233. The van der Waals surface area contributed by atoms with Crippen LogP contribution in [0.25, 0.3) is 0 Å². The third kappa shape index (κ3) is 5.02. The summed E-state index contributed by atoms with van der Waals surface area (Å²) in [4.78, 5) is 32.9. The predicted molar refractivity (Wildman–Crippen MR) is 133 cm³/mol. The summed E-state index contributed by atoms with van der Waals surface area (Å²) < 4.78 is 12.4. The number of anilines is 2. The van der Waals surface area contributed by atoms with Gasteiger partial charge >= 0.3 is 0 Å². The molecule has 1 N–H and O–H groups in total. The number of benzene rings is 2. The van der Waals surface area contributed by atoms with E-state index < -0.39 is 0 Å². The quantitative estimate of drug-likeness (QED) is 0.350. The monoisotopic (exact) mass is 495 g/mol. The van der Waals surface area contributed by atoms with Gasteiger partial charge in [-0.1, -0.05) is 18.2 Å². The van der Waals surface area contributed by atoms with Crippen molar-refractivity contribution < 1.29 is 14.3 Å². The molecule has 2 heterocycles. The molecular weight excluding hydrogens is 470 g/mol. The summed E-state index contributed by atoms with van der Waals surface area (Å²) in [5, 5.41) is 0.701. The SMILES string of the molecule is CN(Cc1cccc2c1CN(C(=O)C1CC1)CC2)c1ccc(SNc2ncns2)cc1OC=O. The molecule has 1 aliphatic carbocycles. The number of ether oxygens (including phenoxy) is 1. The molecule has 0 unspecified atom stereocenters. The van der Waals surface area contributed by atoms with Crippen LogP contribution in [0.4, 0.5) is 10.8 Å². The van der Waals surface area contributed by atoms with E-state index in [1.54, 1.807) is 0 Å². The molecule has 5 rings (SSSR count). The van der Waals surface area contributed by atoms with E-state index in [2.05, 4.69) is 37.2 Å². The average molecular weight is 496 g/mol. The van der Waals surface area contributed by atoms with Crippen LogP contribution in [0, 0.1) is 5.92 Å². The summed E-state index contributed by atoms with van der Waals surface area (Å²) in [7, 11) is 1.98. The van der Waals surface area contributed by atoms with Crippen molar-refractivity contribution >= 4 is 46.7 Å². The first kappa shape index (κ1) is 22.7. The van der Waals surface area contributed by atoms with Crippen LogP contribution >= 0.6 is 23.5 Å². The lowest BCUT2D eigenvalue weighted by atomic mass is 9.94. The smallest absolute Gasteiger partial charge is 0.298 e. The Hall–Kier alpha value is -3.11. The van der Waals surface area contributed by atoms with Crippen molar-refractivity contribution in [2.24, 2.45) is 5.92 Å². The standard InChI is InChI=1S/C24H25N5O3S2/c1-28(21-8-7-19(11-22(21)32-15-30)33-27-24-25-14-26-34-24)12-18-4-2-3-16-9-10-29(13-20(16)18)23(31)17-5-6-17/h2-4,7-8,11,14-15,17H,5-6,9-10,12-13H2,1H3,(H,25,26,27). The number of hydrogen-bond donors (Lipinski definition) is 1. The Kier molecular flexibility index (Phi) is 6.68. The fourth-order valence-electron chi connectivity index (χ4n) is 4.26. The second-order valence-corrected chi connectivity index (χ2v) is 10.1. The van der Waals surface area contributed by atoms with E-state index in [-0.39, 0.29) is 5.92 Å². The molecule has 0 bridgehead atoms. The first-order valence-electron chi connectivity index (χ1n) is 11.2. The van der Waals surface area contributed by atoms with E-state index in [1.807, 2.05) is 30.1 Å². The Labute approximate surface area is 206 Å². The summed E-state index contributed by atoms with van der Waals surface area (Å²) in [5.74, 6) is 1.01. The van der Waals surface area contributed by atoms with Gasteiger partial charge in [0.25, 0.3) is 6.47 Å². The molecule has 2 aromatic carbocycles. The van der Waals surface area contributed by atoms with E-state index in [1.165, 1.54) is 46.5 Å². The van der Waals surface area contributed by atoms with Gasteiger partial charge in [-0.25, -0.2) is 4.98 Å². The minimum Gasteiger partial charge on any atom is -0.426 e. The van der Waals surface area contributed by atoms with E-state index in [4.69, 9.17) is 4.74 Å². The number of hydrogen-bond acceptors (Lipinski definition) is 9. The Morgan fingerprint density at radius 1 is 1.35 bits per heavy atom. The number of carbonyl (C=O) groups excluding carboxylic acids is 2. The summed E-state index contributed by atoms with van der Waals surface area (Å²) in [6.07, 6.45) is 4.43. The van der Waals surface area contributed by atoms with Crippen LogP contribution < -0.4 is 14.4 Å². The van der Waals surface area contributed by atoms with Gasteiger partial charge in [0.2, 0.25) is 11.0 Å². The van der Waals surface area contributed by atoms with Gasteiger partial charge in [0.05, 0.1) is 5.69 Å². The zero-order chi connectivity index (χ0) is 23.5. The fourth-order valence-corrected chi connectivity index (χ4v) is 5.38. The van der Waals surface area contributed by atoms with Gasteiger partial charge in [0.1, 0.15) is 6.33 Å². The number of rotatable bonds is 9. The summed E-state index contributed by atoms with van der Waals surface area (Å²) >= 11 is 2.65. The van der Waals surface area contributed by atoms with Crippen molar-refractivity contribution in [2.75, 3.05) is 23.2 Å². The predicted octanol–water partition coefficient (Wildman–Crippen LogP) is 4.12. The van der Waals surface area contributed by atoms with E-state index >= 15 is 0 Å². The molecule has 176 valence electrons. The molecule has 2 aliphatic rings. The molecule has 0 atom stereocenters. The van der Waals surface area contributed by atoms with Gasteiger partial charge in [-0.05, 0) is 66.1 Å². The molecule has 0 radical (unpaired) electrons. The van der Waals surface area contributed by atoms with Crippen LogP contribution in [-0.2, 0) is 29.1 Å². The van der Waals surface area contributed by atoms with Gasteiger partial charge in [0.15, 0.2) is 5.75 Å². The minimum absolute atomic E-state index is 0.233. The maximum Gasteiger partial charge on any atom is 0.298 e. The topological polar surface area (TPSA) is 87.7 Å². The Morgan fingerprint density at radius 2 is 2.24 bits per heavy atom. The largest absolute Gasteiger partial charge is 0.426 e. The van der Waals surface area contributed by atoms with Crippen molar-refractivity contribution in [3.05, 3.63) is 59.4 Å². The highest BCUT2D eigenvalue weighted by Gasteiger charge is 2.35. The van der Waals surface area contributed by atoms with E-state index in [9.17, 15) is 9.59 Å². The third-order valence-corrected chi connectivity index (χ3v) is 7.65. The summed E-state index contributed by atoms with van der Waals surface area (Å²) in [6, 6.07) is 12.1. The van der Waals surface area contributed by atoms with Crippen LogP contribution in [0.5, 0.6) is 5.75 Å². The number of aromatic nitrogens is 2. The molecular formula is C24H25N5O3S2. The van der Waals surface area contributed by atoms with Crippen LogP contribution in [0.15, 0.2) is 47.6 Å². The number of nitrogens with one attached hydrogen (secondary N) is 1. The molecule has 1 aromatic heterocycles. The lowest BCUT2D eigenvalue weighted by Gasteiger charge is -2.32. The van der Waals surface area contributed by atoms with Crippen LogP contribution in [0.1, 0.15) is 29.5 Å². The Balaban J connectivity index is 1.33. The fraction of sp³-hybridized carbons (Fsp3) is 0.333. The van der Waals surface area contributed by atoms with Crippen LogP contribution in [0.2, 0.25) is 0 Å². The maximum atomic E-state index is 12.7. The molecule has 1 amide bonds. The lowest BCUT2D eigenvalue weighted by Crippen LogP contribution is -2.37. The number of fused-ring (bicyclic) bond motifs is 1. The zero-order valence-corrected chi connectivity index (χ0v) is 20.4. The van der Waals surface area contributed by atoms with Crippen LogP contribution in [-0.4, -0.2) is 40.2 Å². The first-order valence-corrected chi connectivity index (χ1v) is 12.7. The molecule has 0 saturated heterocycles. The van der Waals surface area contributed by atoms with Gasteiger partial charge in [-0.15, -0.1) is 0 Å². The van der Waals surface area contributed by atoms with Gasteiger partial charge in [0, 0.05) is 49.0 Å². The highest BCUT2D eigenvalue weighted by Crippen LogP contribution is 2.36. The Bertz CT molecular complexity index is 1180. The molecule has 0 spiro atoms. The van der Waals surface area contributed by atoms with E-state index in [0.29, 0.717) is 36.3 Å². The summed E-state index contributed by atoms with van der Waals surface area (Å²) in [6.45, 7) is 2.55. The molecule has 8 nitrogen and oxygen atoms in total. The van der Waals surface area contributed by atoms with Crippen molar-refractivity contribution in [1.29, 1.82) is 0 Å². The third-order valence-electron chi connectivity index (χ3n) is 6.15. The van der Waals surface area contributed by atoms with Crippen molar-refractivity contribution in [2.45, 2.75) is 37.2 Å². The summed E-state index contributed by atoms with van der Waals surface area (Å²) in [5.41, 5.74) is 4.54. The average Bonchev–Trinajstić information content (AvgIpc) is 3.57. The number of nitrogens with zero attached hydrogens (tertiary/aromatic N) is 4. The van der Waals surface area contributed by atoms with Crippen molar-refractivity contribution in [3.63, 3.8) is 0 Å². The number of carbonyl (C=O) groups is 2. The normalized spacial score (nSPS) is 14.9. The van der Waals surface area contributed by atoms with Crippen molar-refractivity contribution in [3.8, 4) is 5.75 Å². The van der Waals surface area contributed by atoms with E-state index in [0.717, 1.165) is 36.4 Å². The molecule has 10 heteroatoms. The second kappa shape index (κ2) is 10.0. The highest BCUT2D eigenvalue weighted by molar-refractivity contribution is 8.00. The molecule has 1 fully saturated rings.